The molecular weight excluding hydrogens is 424 g/mol. The van der Waals surface area contributed by atoms with E-state index >= 15 is 0 Å². The fourth-order valence-corrected chi connectivity index (χ4v) is 3.62. The molecule has 0 saturated heterocycles. The molecular formula is C20H30N4O6S. The minimum atomic E-state index is -0.833. The lowest BCUT2D eigenvalue weighted by atomic mass is 10.2. The van der Waals surface area contributed by atoms with E-state index in [4.69, 9.17) is 14.2 Å². The van der Waals surface area contributed by atoms with Gasteiger partial charge in [0, 0.05) is 17.8 Å². The lowest BCUT2D eigenvalue weighted by Gasteiger charge is -2.29. The molecule has 2 rings (SSSR count). The summed E-state index contributed by atoms with van der Waals surface area (Å²) in [6.45, 7) is 13.1. The minimum absolute atomic E-state index is 0.0141. The van der Waals surface area contributed by atoms with Crippen LogP contribution >= 0.6 is 11.3 Å². The highest BCUT2D eigenvalue weighted by atomic mass is 32.1. The van der Waals surface area contributed by atoms with Crippen molar-refractivity contribution in [2.75, 3.05) is 13.2 Å². The highest BCUT2D eigenvalue weighted by molar-refractivity contribution is 7.13. The van der Waals surface area contributed by atoms with E-state index in [1.54, 1.807) is 53.4 Å². The monoisotopic (exact) mass is 454 g/mol. The predicted octanol–water partition coefficient (Wildman–Crippen LogP) is 3.49. The largest absolute Gasteiger partial charge is 0.461 e. The maximum absolute atomic E-state index is 12.3. The lowest BCUT2D eigenvalue weighted by molar-refractivity contribution is 0.0519. The number of carbonyl (C=O) groups is 3. The number of hydrogen-bond acceptors (Lipinski definition) is 8. The highest BCUT2D eigenvalue weighted by Crippen LogP contribution is 2.26. The van der Waals surface area contributed by atoms with Gasteiger partial charge >= 0.3 is 18.2 Å². The van der Waals surface area contributed by atoms with E-state index in [9.17, 15) is 14.4 Å². The predicted molar refractivity (Wildman–Crippen MR) is 115 cm³/mol. The van der Waals surface area contributed by atoms with Crippen LogP contribution in [-0.4, -0.2) is 58.4 Å². The van der Waals surface area contributed by atoms with E-state index < -0.39 is 29.4 Å². The van der Waals surface area contributed by atoms with Gasteiger partial charge < -0.3 is 19.1 Å². The van der Waals surface area contributed by atoms with Crippen LogP contribution < -0.4 is 5.32 Å². The molecule has 1 aliphatic heterocycles. The Hall–Kier alpha value is -2.69. The third-order valence-electron chi connectivity index (χ3n) is 3.68. The molecule has 2 amide bonds. The number of nitrogens with zero attached hydrogens (tertiary/aromatic N) is 3. The van der Waals surface area contributed by atoms with Gasteiger partial charge in [0.25, 0.3) is 0 Å². The number of amides is 2. The van der Waals surface area contributed by atoms with Crippen LogP contribution in [-0.2, 0) is 27.2 Å². The van der Waals surface area contributed by atoms with Crippen molar-refractivity contribution >= 4 is 35.5 Å². The van der Waals surface area contributed by atoms with Crippen molar-refractivity contribution < 1.29 is 28.6 Å². The Labute approximate surface area is 186 Å². The maximum atomic E-state index is 12.3. The van der Waals surface area contributed by atoms with E-state index in [0.717, 1.165) is 10.6 Å². The van der Waals surface area contributed by atoms with Gasteiger partial charge in [0.1, 0.15) is 11.2 Å². The zero-order chi connectivity index (χ0) is 23.4. The zero-order valence-corrected chi connectivity index (χ0v) is 19.8. The molecule has 1 aromatic heterocycles. The Morgan fingerprint density at radius 3 is 2.35 bits per heavy atom. The highest BCUT2D eigenvalue weighted by Gasteiger charge is 2.28. The van der Waals surface area contributed by atoms with E-state index in [0.29, 0.717) is 19.5 Å². The van der Waals surface area contributed by atoms with Gasteiger partial charge in [0.05, 0.1) is 18.8 Å². The van der Waals surface area contributed by atoms with Crippen LogP contribution in [0.15, 0.2) is 4.99 Å². The van der Waals surface area contributed by atoms with Crippen LogP contribution in [0.25, 0.3) is 0 Å². The van der Waals surface area contributed by atoms with E-state index in [1.807, 2.05) is 0 Å². The number of esters is 1. The van der Waals surface area contributed by atoms with Crippen molar-refractivity contribution in [2.24, 2.45) is 4.99 Å². The summed E-state index contributed by atoms with van der Waals surface area (Å²) in [5.74, 6) is -0.455. The molecule has 10 nitrogen and oxygen atoms in total. The number of fused-ring (bicyclic) bond motifs is 1. The SMILES string of the molecule is CCOC(=O)c1nc2c(s1)CN(/C(=N\C(=O)OC(C)(C)C)NC(=O)OC(C)(C)C)CC2. The molecule has 31 heavy (non-hydrogen) atoms. The molecule has 0 aliphatic carbocycles. The Bertz CT molecular complexity index is 866. The smallest absolute Gasteiger partial charge is 0.437 e. The van der Waals surface area contributed by atoms with Crippen molar-refractivity contribution in [3.05, 3.63) is 15.6 Å². The summed E-state index contributed by atoms with van der Waals surface area (Å²) < 4.78 is 15.6. The van der Waals surface area contributed by atoms with Crippen molar-refractivity contribution in [1.82, 2.24) is 15.2 Å². The molecule has 172 valence electrons. The summed E-state index contributed by atoms with van der Waals surface area (Å²) >= 11 is 1.22. The molecule has 0 radical (unpaired) electrons. The number of guanidine groups is 1. The number of thiazole rings is 1. The van der Waals surface area contributed by atoms with E-state index in [1.165, 1.54) is 11.3 Å². The standard InChI is InChI=1S/C20H30N4O6S/c1-8-28-15(25)14-21-12-9-10-24(11-13(12)31-14)16(22-17(26)29-19(2,3)4)23-18(27)30-20(5,6)7/h8-11H2,1-7H3,(H,22,23,26,27). The van der Waals surface area contributed by atoms with Crippen molar-refractivity contribution in [1.29, 1.82) is 0 Å². The van der Waals surface area contributed by atoms with Crippen molar-refractivity contribution in [2.45, 2.75) is 72.6 Å². The van der Waals surface area contributed by atoms with Crippen LogP contribution in [0.5, 0.6) is 0 Å². The van der Waals surface area contributed by atoms with Gasteiger partial charge in [-0.05, 0) is 48.5 Å². The van der Waals surface area contributed by atoms with Gasteiger partial charge in [-0.15, -0.1) is 16.3 Å². The number of rotatable bonds is 2. The molecule has 0 atom stereocenters. The Morgan fingerprint density at radius 2 is 1.77 bits per heavy atom. The summed E-state index contributed by atoms with van der Waals surface area (Å²) in [5, 5.41) is 2.82. The fraction of sp³-hybridized carbons (Fsp3) is 0.650. The number of aliphatic imine (C=N–C) groups is 1. The molecule has 11 heteroatoms. The number of ether oxygens (including phenoxy) is 3. The van der Waals surface area contributed by atoms with Crippen molar-refractivity contribution in [3.63, 3.8) is 0 Å². The molecule has 0 bridgehead atoms. The Kier molecular flexibility index (Phi) is 7.63. The number of alkyl carbamates (subject to hydrolysis) is 1. The van der Waals surface area contributed by atoms with E-state index in [2.05, 4.69) is 15.3 Å². The minimum Gasteiger partial charge on any atom is -0.461 e. The van der Waals surface area contributed by atoms with Gasteiger partial charge in [-0.2, -0.15) is 0 Å². The molecule has 1 aromatic rings. The van der Waals surface area contributed by atoms with E-state index in [-0.39, 0.29) is 17.6 Å². The lowest BCUT2D eigenvalue weighted by Crippen LogP contribution is -2.48. The molecule has 0 aromatic carbocycles. The van der Waals surface area contributed by atoms with Crippen LogP contribution in [0.1, 0.15) is 68.8 Å². The molecule has 0 saturated carbocycles. The van der Waals surface area contributed by atoms with Gasteiger partial charge in [-0.25, -0.2) is 19.4 Å². The van der Waals surface area contributed by atoms with Crippen LogP contribution in [0, 0.1) is 0 Å². The molecule has 2 heterocycles. The third-order valence-corrected chi connectivity index (χ3v) is 4.75. The average molecular weight is 455 g/mol. The van der Waals surface area contributed by atoms with Gasteiger partial charge in [0.2, 0.25) is 11.0 Å². The van der Waals surface area contributed by atoms with Crippen LogP contribution in [0.4, 0.5) is 9.59 Å². The average Bonchev–Trinajstić information content (AvgIpc) is 3.01. The Morgan fingerprint density at radius 1 is 1.13 bits per heavy atom. The quantitative estimate of drug-likeness (QED) is 0.312. The summed E-state index contributed by atoms with van der Waals surface area (Å²) in [6.07, 6.45) is -1.06. The number of hydrogen-bond donors (Lipinski definition) is 1. The molecule has 1 N–H and O–H groups in total. The summed E-state index contributed by atoms with van der Waals surface area (Å²) in [7, 11) is 0. The van der Waals surface area contributed by atoms with Crippen LogP contribution in [0.3, 0.4) is 0 Å². The maximum Gasteiger partial charge on any atom is 0.437 e. The molecule has 1 aliphatic rings. The first-order chi connectivity index (χ1) is 14.3. The first kappa shape index (κ1) is 24.6. The summed E-state index contributed by atoms with van der Waals surface area (Å²) in [6, 6.07) is 0. The number of carbonyl (C=O) groups excluding carboxylic acids is 3. The second kappa shape index (κ2) is 9.63. The summed E-state index contributed by atoms with van der Waals surface area (Å²) in [4.78, 5) is 47.5. The normalized spacial score (nSPS) is 14.5. The first-order valence-corrected chi connectivity index (χ1v) is 10.8. The summed E-state index contributed by atoms with van der Waals surface area (Å²) in [5.41, 5.74) is -0.667. The second-order valence-corrected chi connectivity index (χ2v) is 9.91. The molecule has 0 fully saturated rings. The van der Waals surface area contributed by atoms with Crippen LogP contribution in [0.2, 0.25) is 0 Å². The zero-order valence-electron chi connectivity index (χ0n) is 19.0. The number of nitrogens with one attached hydrogen (secondary N) is 1. The van der Waals surface area contributed by atoms with Gasteiger partial charge in [0.15, 0.2) is 0 Å². The van der Waals surface area contributed by atoms with Gasteiger partial charge in [-0.1, -0.05) is 0 Å². The topological polar surface area (TPSA) is 119 Å². The fourth-order valence-electron chi connectivity index (χ4n) is 2.60. The van der Waals surface area contributed by atoms with Gasteiger partial charge in [-0.3, -0.25) is 5.32 Å². The molecule has 0 spiro atoms. The Balaban J connectivity index is 2.24. The second-order valence-electron chi connectivity index (χ2n) is 8.82. The van der Waals surface area contributed by atoms with Crippen molar-refractivity contribution in [3.8, 4) is 0 Å². The number of aromatic nitrogens is 1. The third kappa shape index (κ3) is 7.82. The first-order valence-electron chi connectivity index (χ1n) is 9.99. The molecule has 0 unspecified atom stereocenters.